The minimum atomic E-state index is -0.612. The molecule has 0 bridgehead atoms. The summed E-state index contributed by atoms with van der Waals surface area (Å²) < 4.78 is 0. The number of H-pyrrole nitrogens is 1. The molecule has 20 heavy (non-hydrogen) atoms. The predicted octanol–water partition coefficient (Wildman–Crippen LogP) is 0.914. The number of aromatic nitrogens is 2. The van der Waals surface area contributed by atoms with Crippen LogP contribution in [0.25, 0.3) is 0 Å². The zero-order valence-electron chi connectivity index (χ0n) is 12.5. The van der Waals surface area contributed by atoms with E-state index in [9.17, 15) is 14.7 Å². The van der Waals surface area contributed by atoms with E-state index >= 15 is 0 Å². The number of amides is 1. The van der Waals surface area contributed by atoms with Crippen LogP contribution in [0.1, 0.15) is 48.6 Å². The Bertz CT molecular complexity index is 521. The van der Waals surface area contributed by atoms with Gasteiger partial charge in [0.05, 0.1) is 11.8 Å². The molecule has 6 nitrogen and oxygen atoms in total. The van der Waals surface area contributed by atoms with Crippen molar-refractivity contribution in [3.63, 3.8) is 0 Å². The second-order valence-corrected chi connectivity index (χ2v) is 4.98. The number of aromatic amines is 1. The van der Waals surface area contributed by atoms with Gasteiger partial charge in [0.25, 0.3) is 11.5 Å². The lowest BCUT2D eigenvalue weighted by molar-refractivity contribution is 0.0811. The Kier molecular flexibility index (Phi) is 5.88. The van der Waals surface area contributed by atoms with E-state index in [0.29, 0.717) is 11.4 Å². The average molecular weight is 281 g/mol. The third-order valence-corrected chi connectivity index (χ3v) is 3.62. The van der Waals surface area contributed by atoms with Gasteiger partial charge in [-0.25, -0.2) is 4.98 Å². The van der Waals surface area contributed by atoms with Gasteiger partial charge in [0.15, 0.2) is 5.69 Å². The number of nitrogens with zero attached hydrogens (tertiary/aromatic N) is 1. The van der Waals surface area contributed by atoms with Gasteiger partial charge in [0, 0.05) is 12.2 Å². The van der Waals surface area contributed by atoms with E-state index in [4.69, 9.17) is 0 Å². The highest BCUT2D eigenvalue weighted by Gasteiger charge is 2.19. The topological polar surface area (TPSA) is 95.1 Å². The molecule has 1 atom stereocenters. The fraction of sp³-hybridized carbons (Fsp3) is 0.643. The molecule has 112 valence electrons. The maximum Gasteiger partial charge on any atom is 0.279 e. The Morgan fingerprint density at radius 3 is 2.50 bits per heavy atom. The highest BCUT2D eigenvalue weighted by Crippen LogP contribution is 2.12. The lowest BCUT2D eigenvalue weighted by Crippen LogP contribution is -2.39. The van der Waals surface area contributed by atoms with Crippen LogP contribution in [0.4, 0.5) is 0 Å². The molecule has 6 heteroatoms. The summed E-state index contributed by atoms with van der Waals surface area (Å²) in [7, 11) is 0. The van der Waals surface area contributed by atoms with E-state index in [-0.39, 0.29) is 18.2 Å². The molecule has 1 aromatic rings. The average Bonchev–Trinajstić information content (AvgIpc) is 2.41. The molecule has 0 radical (unpaired) electrons. The summed E-state index contributed by atoms with van der Waals surface area (Å²) in [5.74, 6) is -0.416. The van der Waals surface area contributed by atoms with Gasteiger partial charge in [-0.2, -0.15) is 0 Å². The molecule has 0 aliphatic heterocycles. The van der Waals surface area contributed by atoms with Crippen molar-refractivity contribution in [2.45, 2.75) is 46.6 Å². The van der Waals surface area contributed by atoms with Crippen LogP contribution in [0.5, 0.6) is 0 Å². The van der Waals surface area contributed by atoms with Crippen LogP contribution in [0, 0.1) is 19.8 Å². The quantitative estimate of drug-likeness (QED) is 0.722. The second-order valence-electron chi connectivity index (χ2n) is 4.98. The van der Waals surface area contributed by atoms with Crippen LogP contribution in [0.15, 0.2) is 4.79 Å². The predicted molar refractivity (Wildman–Crippen MR) is 76.7 cm³/mol. The highest BCUT2D eigenvalue weighted by molar-refractivity contribution is 5.91. The Morgan fingerprint density at radius 2 is 1.95 bits per heavy atom. The molecule has 1 unspecified atom stereocenters. The van der Waals surface area contributed by atoms with E-state index in [1.807, 2.05) is 13.8 Å². The first-order valence-corrected chi connectivity index (χ1v) is 6.94. The van der Waals surface area contributed by atoms with Gasteiger partial charge < -0.3 is 15.4 Å². The van der Waals surface area contributed by atoms with Gasteiger partial charge in [-0.1, -0.05) is 26.7 Å². The number of rotatable bonds is 6. The van der Waals surface area contributed by atoms with Gasteiger partial charge in [-0.05, 0) is 19.8 Å². The van der Waals surface area contributed by atoms with Crippen LogP contribution >= 0.6 is 0 Å². The molecule has 0 saturated carbocycles. The van der Waals surface area contributed by atoms with Crippen LogP contribution in [0.3, 0.4) is 0 Å². The van der Waals surface area contributed by atoms with E-state index in [1.165, 1.54) is 0 Å². The lowest BCUT2D eigenvalue weighted by Gasteiger charge is -2.20. The molecular formula is C14H23N3O3. The molecule has 1 rings (SSSR count). The van der Waals surface area contributed by atoms with Gasteiger partial charge in [0.2, 0.25) is 0 Å². The van der Waals surface area contributed by atoms with E-state index < -0.39 is 17.6 Å². The zero-order valence-corrected chi connectivity index (χ0v) is 12.5. The molecule has 1 heterocycles. The molecule has 3 N–H and O–H groups in total. The molecule has 1 amide bonds. The van der Waals surface area contributed by atoms with E-state index in [2.05, 4.69) is 15.3 Å². The summed E-state index contributed by atoms with van der Waals surface area (Å²) >= 11 is 0. The van der Waals surface area contributed by atoms with Crippen molar-refractivity contribution in [3.05, 3.63) is 27.4 Å². The number of hydrogen-bond donors (Lipinski definition) is 3. The number of aryl methyl sites for hydroxylation is 2. The third kappa shape index (κ3) is 3.90. The molecule has 0 aromatic carbocycles. The van der Waals surface area contributed by atoms with Gasteiger partial charge in [-0.15, -0.1) is 0 Å². The van der Waals surface area contributed by atoms with Crippen LogP contribution in [0.2, 0.25) is 0 Å². The number of carbonyl (C=O) groups excluding carboxylic acids is 1. The molecule has 0 aliphatic carbocycles. The molecule has 1 aromatic heterocycles. The molecular weight excluding hydrogens is 258 g/mol. The smallest absolute Gasteiger partial charge is 0.279 e. The Morgan fingerprint density at radius 1 is 1.35 bits per heavy atom. The summed E-state index contributed by atoms with van der Waals surface area (Å²) in [6.07, 6.45) is 1.08. The van der Waals surface area contributed by atoms with Crippen molar-refractivity contribution in [3.8, 4) is 0 Å². The van der Waals surface area contributed by atoms with Crippen LogP contribution in [-0.4, -0.2) is 33.6 Å². The minimum absolute atomic E-state index is 0.124. The first-order valence-electron chi connectivity index (χ1n) is 6.94. The molecule has 0 aliphatic rings. The summed E-state index contributed by atoms with van der Waals surface area (Å²) in [6, 6.07) is 0. The second kappa shape index (κ2) is 7.19. The van der Waals surface area contributed by atoms with Crippen molar-refractivity contribution >= 4 is 5.91 Å². The number of aliphatic hydroxyl groups excluding tert-OH is 1. The van der Waals surface area contributed by atoms with Crippen molar-refractivity contribution in [2.75, 3.05) is 6.54 Å². The summed E-state index contributed by atoms with van der Waals surface area (Å²) in [4.78, 5) is 30.2. The lowest BCUT2D eigenvalue weighted by atomic mass is 9.96. The number of carbonyl (C=O) groups is 1. The molecule has 0 spiro atoms. The van der Waals surface area contributed by atoms with Crippen molar-refractivity contribution in [1.29, 1.82) is 0 Å². The van der Waals surface area contributed by atoms with Crippen molar-refractivity contribution in [1.82, 2.24) is 15.3 Å². The van der Waals surface area contributed by atoms with Crippen LogP contribution in [-0.2, 0) is 0 Å². The third-order valence-electron chi connectivity index (χ3n) is 3.62. The normalized spacial score (nSPS) is 12.5. The maximum absolute atomic E-state index is 11.9. The van der Waals surface area contributed by atoms with Crippen LogP contribution < -0.4 is 10.9 Å². The Labute approximate surface area is 118 Å². The summed E-state index contributed by atoms with van der Waals surface area (Å²) in [5.41, 5.74) is 0.575. The fourth-order valence-corrected chi connectivity index (χ4v) is 2.06. The Balaban J connectivity index is 2.73. The summed E-state index contributed by atoms with van der Waals surface area (Å²) in [6.45, 7) is 7.56. The highest BCUT2D eigenvalue weighted by atomic mass is 16.3. The van der Waals surface area contributed by atoms with Gasteiger partial charge in [0.1, 0.15) is 0 Å². The SMILES string of the molecule is CCC(CC)C(O)CNC(=O)c1nc(C)c(C)[nH]c1=O. The molecule has 0 fully saturated rings. The van der Waals surface area contributed by atoms with Gasteiger partial charge in [-0.3, -0.25) is 9.59 Å². The number of aliphatic hydroxyl groups is 1. The maximum atomic E-state index is 11.9. The number of hydrogen-bond acceptors (Lipinski definition) is 4. The fourth-order valence-electron chi connectivity index (χ4n) is 2.06. The number of nitrogens with one attached hydrogen (secondary N) is 2. The first kappa shape index (κ1) is 16.4. The minimum Gasteiger partial charge on any atom is -0.391 e. The van der Waals surface area contributed by atoms with Gasteiger partial charge >= 0.3 is 0 Å². The Hall–Kier alpha value is -1.69. The zero-order chi connectivity index (χ0) is 15.3. The first-order chi connectivity index (χ1) is 9.40. The standard InChI is InChI=1S/C14H23N3O3/c1-5-10(6-2)11(18)7-15-13(19)12-14(20)17-9(4)8(3)16-12/h10-11,18H,5-7H2,1-4H3,(H,15,19)(H,17,20). The summed E-state index contributed by atoms with van der Waals surface area (Å²) in [5, 5.41) is 12.5. The van der Waals surface area contributed by atoms with Crippen molar-refractivity contribution < 1.29 is 9.90 Å². The largest absolute Gasteiger partial charge is 0.391 e. The van der Waals surface area contributed by atoms with Crippen molar-refractivity contribution in [2.24, 2.45) is 5.92 Å². The molecule has 0 saturated heterocycles. The van der Waals surface area contributed by atoms with E-state index in [1.54, 1.807) is 13.8 Å². The monoisotopic (exact) mass is 281 g/mol. The van der Waals surface area contributed by atoms with E-state index in [0.717, 1.165) is 12.8 Å².